The molecule has 0 saturated carbocycles. The Morgan fingerprint density at radius 1 is 0.839 bits per heavy atom. The molecule has 0 aromatic heterocycles. The molecule has 0 spiro atoms. The highest BCUT2D eigenvalue weighted by Crippen LogP contribution is 2.14. The summed E-state index contributed by atoms with van der Waals surface area (Å²) in [5.41, 5.74) is 8.04. The molecule has 0 aliphatic rings. The summed E-state index contributed by atoms with van der Waals surface area (Å²) in [6, 6.07) is 24.0. The van der Waals surface area contributed by atoms with Gasteiger partial charge in [0.2, 0.25) is 0 Å². The molecule has 0 atom stereocenters. The maximum absolute atomic E-state index is 12.5. The highest BCUT2D eigenvalue weighted by atomic mass is 32.1. The number of nitrogens with one attached hydrogen (secondary N) is 3. The fraction of sp³-hybridized carbons (Fsp3) is 0.125. The molecule has 0 heterocycles. The fourth-order valence-corrected chi connectivity index (χ4v) is 2.98. The molecule has 0 aliphatic carbocycles. The van der Waals surface area contributed by atoms with Crippen molar-refractivity contribution in [2.24, 2.45) is 0 Å². The second-order valence-corrected chi connectivity index (χ2v) is 7.25. The topological polar surface area (TPSA) is 79.5 Å². The highest BCUT2D eigenvalue weighted by molar-refractivity contribution is 7.80. The molecule has 7 heteroatoms. The Kier molecular flexibility index (Phi) is 7.73. The van der Waals surface area contributed by atoms with Gasteiger partial charge in [-0.25, -0.2) is 0 Å². The van der Waals surface area contributed by atoms with Gasteiger partial charge in [-0.1, -0.05) is 54.1 Å². The first-order chi connectivity index (χ1) is 15.0. The van der Waals surface area contributed by atoms with Gasteiger partial charge in [0.25, 0.3) is 11.8 Å². The number of benzene rings is 3. The van der Waals surface area contributed by atoms with Gasteiger partial charge in [0.15, 0.2) is 5.11 Å². The summed E-state index contributed by atoms with van der Waals surface area (Å²) >= 11 is 5.09. The van der Waals surface area contributed by atoms with Crippen LogP contribution in [0.25, 0.3) is 0 Å². The fourth-order valence-electron chi connectivity index (χ4n) is 2.84. The van der Waals surface area contributed by atoms with Crippen LogP contribution in [0.3, 0.4) is 0 Å². The number of hydrogen-bond donors (Lipinski definition) is 3. The van der Waals surface area contributed by atoms with Crippen molar-refractivity contribution in [3.05, 3.63) is 101 Å². The molecule has 3 rings (SSSR count). The third-order valence-electron chi connectivity index (χ3n) is 4.40. The summed E-state index contributed by atoms with van der Waals surface area (Å²) in [4.78, 5) is 24.6. The number of hydrazine groups is 1. The molecule has 3 N–H and O–H groups in total. The molecule has 0 unspecified atom stereocenters. The highest BCUT2D eigenvalue weighted by Gasteiger charge is 2.10. The van der Waals surface area contributed by atoms with Crippen LogP contribution < -0.4 is 20.9 Å². The van der Waals surface area contributed by atoms with E-state index in [-0.39, 0.29) is 11.0 Å². The van der Waals surface area contributed by atoms with E-state index in [1.165, 1.54) is 5.56 Å². The van der Waals surface area contributed by atoms with Crippen molar-refractivity contribution in [3.63, 3.8) is 0 Å². The number of rotatable bonds is 6. The van der Waals surface area contributed by atoms with Gasteiger partial charge in [0.1, 0.15) is 5.75 Å². The number of ether oxygens (including phenoxy) is 1. The standard InChI is InChI=1S/C24H23N3O3S/c1-17-7-5-10-19(15-17)23(29)26-27-24(31)25-22(28)20-11-6-12-21(16-20)30-14-13-18-8-3-2-4-9-18/h2-12,15-16H,13-14H2,1H3,(H,26,29)(H2,25,27,28,31). The van der Waals surface area contributed by atoms with Crippen molar-refractivity contribution >= 4 is 29.1 Å². The van der Waals surface area contributed by atoms with Gasteiger partial charge in [-0.3, -0.25) is 25.8 Å². The van der Waals surface area contributed by atoms with Crippen LogP contribution in [0.4, 0.5) is 0 Å². The number of aryl methyl sites for hydroxylation is 1. The van der Waals surface area contributed by atoms with E-state index >= 15 is 0 Å². The quantitative estimate of drug-likeness (QED) is 0.409. The molecule has 0 radical (unpaired) electrons. The molecule has 2 amide bonds. The lowest BCUT2D eigenvalue weighted by Gasteiger charge is -2.12. The maximum atomic E-state index is 12.5. The predicted octanol–water partition coefficient (Wildman–Crippen LogP) is 3.57. The zero-order chi connectivity index (χ0) is 22.1. The summed E-state index contributed by atoms with van der Waals surface area (Å²) in [6.45, 7) is 2.40. The average Bonchev–Trinajstić information content (AvgIpc) is 2.78. The van der Waals surface area contributed by atoms with E-state index in [1.807, 2.05) is 43.3 Å². The smallest absolute Gasteiger partial charge is 0.269 e. The SMILES string of the molecule is Cc1cccc(C(=O)NNC(=S)NC(=O)c2cccc(OCCc3ccccc3)c2)c1. The molecule has 0 aliphatic heterocycles. The molecule has 0 bridgehead atoms. The summed E-state index contributed by atoms with van der Waals surface area (Å²) in [5, 5.41) is 2.52. The number of carbonyl (C=O) groups is 2. The molecule has 0 fully saturated rings. The molecule has 3 aromatic rings. The predicted molar refractivity (Wildman–Crippen MR) is 124 cm³/mol. The summed E-state index contributed by atoms with van der Waals surface area (Å²) in [5.74, 6) is -0.167. The van der Waals surface area contributed by atoms with E-state index in [4.69, 9.17) is 17.0 Å². The first-order valence-corrected chi connectivity index (χ1v) is 10.2. The Morgan fingerprint density at radius 3 is 2.29 bits per heavy atom. The van der Waals surface area contributed by atoms with E-state index < -0.39 is 5.91 Å². The Hall–Kier alpha value is -3.71. The van der Waals surface area contributed by atoms with Gasteiger partial charge < -0.3 is 4.74 Å². The third kappa shape index (κ3) is 6.94. The van der Waals surface area contributed by atoms with Crippen molar-refractivity contribution in [3.8, 4) is 5.75 Å². The Labute approximate surface area is 186 Å². The lowest BCUT2D eigenvalue weighted by molar-refractivity contribution is 0.0934. The molecule has 158 valence electrons. The van der Waals surface area contributed by atoms with Gasteiger partial charge in [-0.05, 0) is 55.0 Å². The van der Waals surface area contributed by atoms with Crippen LogP contribution in [0.5, 0.6) is 5.75 Å². The molecule has 3 aromatic carbocycles. The van der Waals surface area contributed by atoms with Crippen LogP contribution in [0.2, 0.25) is 0 Å². The van der Waals surface area contributed by atoms with Crippen molar-refractivity contribution in [1.82, 2.24) is 16.2 Å². The lowest BCUT2D eigenvalue weighted by Crippen LogP contribution is -2.48. The van der Waals surface area contributed by atoms with Gasteiger partial charge in [-0.2, -0.15) is 0 Å². The van der Waals surface area contributed by atoms with E-state index in [1.54, 1.807) is 42.5 Å². The van der Waals surface area contributed by atoms with Gasteiger partial charge >= 0.3 is 0 Å². The van der Waals surface area contributed by atoms with Crippen LogP contribution >= 0.6 is 12.2 Å². The molecule has 31 heavy (non-hydrogen) atoms. The Morgan fingerprint density at radius 2 is 1.55 bits per heavy atom. The molecule has 6 nitrogen and oxygen atoms in total. The van der Waals surface area contributed by atoms with Gasteiger partial charge in [-0.15, -0.1) is 0 Å². The first kappa shape index (κ1) is 22.0. The Balaban J connectivity index is 1.47. The molecule has 0 saturated heterocycles. The first-order valence-electron chi connectivity index (χ1n) is 9.76. The van der Waals surface area contributed by atoms with Crippen molar-refractivity contribution < 1.29 is 14.3 Å². The Bertz CT molecular complexity index is 1070. The monoisotopic (exact) mass is 433 g/mol. The summed E-state index contributed by atoms with van der Waals surface area (Å²) in [7, 11) is 0. The van der Waals surface area contributed by atoms with E-state index in [9.17, 15) is 9.59 Å². The summed E-state index contributed by atoms with van der Waals surface area (Å²) in [6.07, 6.45) is 0.770. The third-order valence-corrected chi connectivity index (χ3v) is 4.60. The largest absolute Gasteiger partial charge is 0.493 e. The van der Waals surface area contributed by atoms with Crippen LogP contribution in [-0.2, 0) is 6.42 Å². The van der Waals surface area contributed by atoms with E-state index in [2.05, 4.69) is 16.2 Å². The number of carbonyl (C=O) groups excluding carboxylic acids is 2. The second-order valence-electron chi connectivity index (χ2n) is 6.84. The molecular formula is C24H23N3O3S. The minimum atomic E-state index is -0.407. The van der Waals surface area contributed by atoms with Gasteiger partial charge in [0, 0.05) is 17.5 Å². The minimum absolute atomic E-state index is 0.0126. The van der Waals surface area contributed by atoms with Crippen LogP contribution in [0, 0.1) is 6.92 Å². The van der Waals surface area contributed by atoms with E-state index in [0.717, 1.165) is 12.0 Å². The van der Waals surface area contributed by atoms with Crippen molar-refractivity contribution in [2.75, 3.05) is 6.61 Å². The minimum Gasteiger partial charge on any atom is -0.493 e. The van der Waals surface area contributed by atoms with Crippen molar-refractivity contribution in [2.45, 2.75) is 13.3 Å². The van der Waals surface area contributed by atoms with Crippen molar-refractivity contribution in [1.29, 1.82) is 0 Å². The van der Waals surface area contributed by atoms with Crippen LogP contribution in [-0.4, -0.2) is 23.5 Å². The second kappa shape index (κ2) is 10.9. The summed E-state index contributed by atoms with van der Waals surface area (Å²) < 4.78 is 5.76. The maximum Gasteiger partial charge on any atom is 0.269 e. The normalized spacial score (nSPS) is 10.1. The number of amides is 2. The number of thiocarbonyl (C=S) groups is 1. The number of hydrogen-bond acceptors (Lipinski definition) is 4. The van der Waals surface area contributed by atoms with E-state index in [0.29, 0.717) is 23.5 Å². The zero-order valence-electron chi connectivity index (χ0n) is 17.1. The molecular weight excluding hydrogens is 410 g/mol. The van der Waals surface area contributed by atoms with Gasteiger partial charge in [0.05, 0.1) is 6.61 Å². The zero-order valence-corrected chi connectivity index (χ0v) is 17.9. The lowest BCUT2D eigenvalue weighted by atomic mass is 10.1. The average molecular weight is 434 g/mol. The van der Waals surface area contributed by atoms with Crippen LogP contribution in [0.15, 0.2) is 78.9 Å². The van der Waals surface area contributed by atoms with Crippen LogP contribution in [0.1, 0.15) is 31.8 Å².